The number of benzene rings is 2. The van der Waals surface area contributed by atoms with Crippen LogP contribution in [0.25, 0.3) is 0 Å². The van der Waals surface area contributed by atoms with Crippen LogP contribution in [0, 0.1) is 5.82 Å². The number of rotatable bonds is 5. The Bertz CT molecular complexity index is 650. The molecule has 0 aromatic heterocycles. The van der Waals surface area contributed by atoms with E-state index < -0.39 is 0 Å². The number of ether oxygens (including phenoxy) is 2. The van der Waals surface area contributed by atoms with Crippen LogP contribution in [0.2, 0.25) is 5.02 Å². The molecule has 0 aliphatic carbocycles. The maximum atomic E-state index is 13.0. The smallest absolute Gasteiger partial charge is 0.175 e. The molecular weight excluding hydrogens is 426 g/mol. The molecule has 0 amide bonds. The van der Waals surface area contributed by atoms with Gasteiger partial charge in [-0.15, -0.1) is 0 Å². The summed E-state index contributed by atoms with van der Waals surface area (Å²) in [7, 11) is 1.58. The minimum Gasteiger partial charge on any atom is -0.493 e. The number of halogens is 4. The summed E-state index contributed by atoms with van der Waals surface area (Å²) in [6, 6.07) is 8.05. The molecule has 0 heterocycles. The van der Waals surface area contributed by atoms with Gasteiger partial charge >= 0.3 is 0 Å². The fourth-order valence-electron chi connectivity index (χ4n) is 1.78. The van der Waals surface area contributed by atoms with Crippen LogP contribution in [0.1, 0.15) is 11.1 Å². The second-order valence-corrected chi connectivity index (χ2v) is 6.09. The summed E-state index contributed by atoms with van der Waals surface area (Å²) in [5.41, 5.74) is 1.77. The normalized spacial score (nSPS) is 10.5. The Kier molecular flexibility index (Phi) is 5.90. The zero-order chi connectivity index (χ0) is 15.4. The van der Waals surface area contributed by atoms with Crippen molar-refractivity contribution in [3.05, 3.63) is 56.8 Å². The molecule has 0 unspecified atom stereocenters. The summed E-state index contributed by atoms with van der Waals surface area (Å²) in [6.45, 7) is 0.224. The average Bonchev–Trinajstić information content (AvgIpc) is 2.46. The third-order valence-electron chi connectivity index (χ3n) is 2.83. The fourth-order valence-corrected chi connectivity index (χ4v) is 2.93. The Balaban J connectivity index is 2.23. The fraction of sp³-hybridized carbons (Fsp3) is 0.200. The van der Waals surface area contributed by atoms with Crippen molar-refractivity contribution in [3.63, 3.8) is 0 Å². The maximum absolute atomic E-state index is 13.0. The van der Waals surface area contributed by atoms with E-state index in [-0.39, 0.29) is 12.4 Å². The van der Waals surface area contributed by atoms with Crippen LogP contribution in [0.3, 0.4) is 0 Å². The molecule has 0 atom stereocenters. The van der Waals surface area contributed by atoms with E-state index in [9.17, 15) is 4.39 Å². The zero-order valence-corrected chi connectivity index (χ0v) is 15.1. The highest BCUT2D eigenvalue weighted by atomic mass is 79.9. The van der Waals surface area contributed by atoms with E-state index in [4.69, 9.17) is 21.1 Å². The van der Waals surface area contributed by atoms with E-state index in [0.29, 0.717) is 27.4 Å². The van der Waals surface area contributed by atoms with Gasteiger partial charge in [0.1, 0.15) is 12.4 Å². The minimum absolute atomic E-state index is 0.224. The van der Waals surface area contributed by atoms with Crippen molar-refractivity contribution in [2.75, 3.05) is 7.11 Å². The van der Waals surface area contributed by atoms with Gasteiger partial charge in [0.15, 0.2) is 11.5 Å². The van der Waals surface area contributed by atoms with Crippen molar-refractivity contribution >= 4 is 43.5 Å². The molecule has 2 nitrogen and oxygen atoms in total. The molecule has 0 fully saturated rings. The van der Waals surface area contributed by atoms with E-state index in [2.05, 4.69) is 31.9 Å². The Morgan fingerprint density at radius 1 is 1.24 bits per heavy atom. The van der Waals surface area contributed by atoms with Gasteiger partial charge in [0.05, 0.1) is 16.6 Å². The van der Waals surface area contributed by atoms with Gasteiger partial charge in [-0.1, -0.05) is 33.6 Å². The topological polar surface area (TPSA) is 18.5 Å². The quantitative estimate of drug-likeness (QED) is 0.556. The molecule has 0 saturated carbocycles. The Hall–Kier alpha value is -0.780. The predicted molar refractivity (Wildman–Crippen MR) is 89.1 cm³/mol. The molecule has 6 heteroatoms. The van der Waals surface area contributed by atoms with Gasteiger partial charge in [0, 0.05) is 10.9 Å². The monoisotopic (exact) mass is 436 g/mol. The number of methoxy groups -OCH3 is 1. The van der Waals surface area contributed by atoms with Crippen molar-refractivity contribution in [1.82, 2.24) is 0 Å². The predicted octanol–water partition coefficient (Wildman–Crippen LogP) is 5.72. The Morgan fingerprint density at radius 2 is 2.00 bits per heavy atom. The molecule has 2 aromatic carbocycles. The largest absolute Gasteiger partial charge is 0.493 e. The lowest BCUT2D eigenvalue weighted by atomic mass is 10.2. The lowest BCUT2D eigenvalue weighted by Crippen LogP contribution is -2.00. The highest BCUT2D eigenvalue weighted by molar-refractivity contribution is 9.10. The van der Waals surface area contributed by atoms with Crippen molar-refractivity contribution in [1.29, 1.82) is 0 Å². The number of alkyl halides is 1. The molecular formula is C15H12Br2ClFO2. The van der Waals surface area contributed by atoms with Crippen molar-refractivity contribution in [3.8, 4) is 11.5 Å². The van der Waals surface area contributed by atoms with E-state index in [1.807, 2.05) is 12.1 Å². The molecule has 0 spiro atoms. The zero-order valence-electron chi connectivity index (χ0n) is 11.1. The number of hydrogen-bond donors (Lipinski definition) is 0. The van der Waals surface area contributed by atoms with Crippen LogP contribution in [0.4, 0.5) is 4.39 Å². The van der Waals surface area contributed by atoms with Crippen LogP contribution in [-0.2, 0) is 11.9 Å². The standard InChI is InChI=1S/C15H12Br2ClFO2/c1-20-14-5-9(7-16)4-12(17)15(14)21-8-10-2-3-11(19)6-13(10)18/h2-6H,7-8H2,1H3. The third-order valence-corrected chi connectivity index (χ3v) is 4.42. The van der Waals surface area contributed by atoms with Crippen molar-refractivity contribution < 1.29 is 13.9 Å². The van der Waals surface area contributed by atoms with Gasteiger partial charge in [0.25, 0.3) is 0 Å². The summed E-state index contributed by atoms with van der Waals surface area (Å²) >= 11 is 12.9. The van der Waals surface area contributed by atoms with Gasteiger partial charge in [-0.2, -0.15) is 0 Å². The van der Waals surface area contributed by atoms with E-state index in [1.165, 1.54) is 12.1 Å². The molecule has 0 aliphatic rings. The van der Waals surface area contributed by atoms with Gasteiger partial charge in [-0.05, 0) is 45.8 Å². The summed E-state index contributed by atoms with van der Waals surface area (Å²) in [5.74, 6) is 0.837. The molecule has 2 rings (SSSR count). The molecule has 112 valence electrons. The summed E-state index contributed by atoms with van der Waals surface area (Å²) in [4.78, 5) is 0. The lowest BCUT2D eigenvalue weighted by Gasteiger charge is -2.14. The third kappa shape index (κ3) is 4.11. The molecule has 0 bridgehead atoms. The first kappa shape index (κ1) is 16.6. The SMILES string of the molecule is COc1cc(CBr)cc(Br)c1OCc1ccc(F)cc1Cl. The van der Waals surface area contributed by atoms with E-state index in [0.717, 1.165) is 10.0 Å². The first-order valence-electron chi connectivity index (χ1n) is 6.04. The Morgan fingerprint density at radius 3 is 2.62 bits per heavy atom. The first-order chi connectivity index (χ1) is 10.0. The van der Waals surface area contributed by atoms with Gasteiger partial charge in [0.2, 0.25) is 0 Å². The molecule has 21 heavy (non-hydrogen) atoms. The molecule has 0 saturated heterocycles. The molecule has 2 aromatic rings. The van der Waals surface area contributed by atoms with E-state index >= 15 is 0 Å². The lowest BCUT2D eigenvalue weighted by molar-refractivity contribution is 0.282. The Labute approximate surface area is 144 Å². The van der Waals surface area contributed by atoms with Gasteiger partial charge in [-0.3, -0.25) is 0 Å². The van der Waals surface area contributed by atoms with Crippen molar-refractivity contribution in [2.24, 2.45) is 0 Å². The average molecular weight is 439 g/mol. The van der Waals surface area contributed by atoms with Crippen LogP contribution < -0.4 is 9.47 Å². The summed E-state index contributed by atoms with van der Waals surface area (Å²) < 4.78 is 24.9. The van der Waals surface area contributed by atoms with Gasteiger partial charge < -0.3 is 9.47 Å². The molecule has 0 aliphatic heterocycles. The van der Waals surface area contributed by atoms with Crippen LogP contribution >= 0.6 is 43.5 Å². The van der Waals surface area contributed by atoms with E-state index in [1.54, 1.807) is 13.2 Å². The van der Waals surface area contributed by atoms with Crippen LogP contribution in [0.15, 0.2) is 34.8 Å². The van der Waals surface area contributed by atoms with Crippen molar-refractivity contribution in [2.45, 2.75) is 11.9 Å². The second-order valence-electron chi connectivity index (χ2n) is 4.27. The minimum atomic E-state index is -0.371. The summed E-state index contributed by atoms with van der Waals surface area (Å²) in [6.07, 6.45) is 0. The highest BCUT2D eigenvalue weighted by Crippen LogP contribution is 2.38. The molecule has 0 N–H and O–H groups in total. The summed E-state index contributed by atoms with van der Waals surface area (Å²) in [5, 5.41) is 1.05. The highest BCUT2D eigenvalue weighted by Gasteiger charge is 2.12. The number of hydrogen-bond acceptors (Lipinski definition) is 2. The maximum Gasteiger partial charge on any atom is 0.175 e. The first-order valence-corrected chi connectivity index (χ1v) is 8.33. The van der Waals surface area contributed by atoms with Gasteiger partial charge in [-0.25, -0.2) is 4.39 Å². The van der Waals surface area contributed by atoms with Crippen LogP contribution in [-0.4, -0.2) is 7.11 Å². The molecule has 0 radical (unpaired) electrons. The second kappa shape index (κ2) is 7.47. The van der Waals surface area contributed by atoms with Crippen LogP contribution in [0.5, 0.6) is 11.5 Å².